The largest absolute Gasteiger partial charge is 0.480 e. The van der Waals surface area contributed by atoms with E-state index < -0.39 is 12.0 Å². The number of hydrogen-bond acceptors (Lipinski definition) is 3. The van der Waals surface area contributed by atoms with Crippen LogP contribution in [0.2, 0.25) is 0 Å². The van der Waals surface area contributed by atoms with Crippen LogP contribution in [-0.4, -0.2) is 35.2 Å². The van der Waals surface area contributed by atoms with Gasteiger partial charge in [-0.3, -0.25) is 14.7 Å². The zero-order chi connectivity index (χ0) is 12.0. The molecule has 0 bridgehead atoms. The van der Waals surface area contributed by atoms with Gasteiger partial charge in [0.2, 0.25) is 0 Å². The molecule has 2 N–H and O–H groups in total. The number of pyridine rings is 1. The average Bonchev–Trinajstić information content (AvgIpc) is 2.29. The lowest BCUT2D eigenvalue weighted by atomic mass is 10.3. The molecule has 1 heterocycles. The van der Waals surface area contributed by atoms with E-state index in [1.165, 1.54) is 4.90 Å². The van der Waals surface area contributed by atoms with Crippen LogP contribution in [0.4, 0.5) is 10.5 Å². The van der Waals surface area contributed by atoms with Crippen molar-refractivity contribution >= 4 is 17.7 Å². The Morgan fingerprint density at radius 1 is 1.44 bits per heavy atom. The molecule has 1 rings (SSSR count). The van der Waals surface area contributed by atoms with E-state index in [1.807, 2.05) is 0 Å². The van der Waals surface area contributed by atoms with Gasteiger partial charge in [-0.1, -0.05) is 0 Å². The summed E-state index contributed by atoms with van der Waals surface area (Å²) in [5.41, 5.74) is 0.681. The molecular formula is C10H13N3O3. The molecule has 0 aromatic carbocycles. The molecule has 6 heteroatoms. The molecule has 0 saturated carbocycles. The number of amides is 2. The summed E-state index contributed by atoms with van der Waals surface area (Å²) in [4.78, 5) is 27.2. The number of carbonyl (C=O) groups excluding carboxylic acids is 1. The molecule has 0 unspecified atom stereocenters. The molecule has 0 atom stereocenters. The number of carbonyl (C=O) groups is 2. The lowest BCUT2D eigenvalue weighted by Crippen LogP contribution is -2.42. The molecule has 0 aliphatic heterocycles. The smallest absolute Gasteiger partial charge is 0.323 e. The molecule has 86 valence electrons. The lowest BCUT2D eigenvalue weighted by Gasteiger charge is -2.20. The molecule has 2 amide bonds. The summed E-state index contributed by atoms with van der Waals surface area (Å²) in [6, 6.07) is 2.93. The number of nitrogens with zero attached hydrogens (tertiary/aromatic N) is 2. The topological polar surface area (TPSA) is 82.5 Å². The minimum atomic E-state index is -1.07. The summed E-state index contributed by atoms with van der Waals surface area (Å²) in [6.45, 7) is 1.87. The first-order chi connectivity index (χ1) is 7.65. The van der Waals surface area contributed by atoms with Gasteiger partial charge < -0.3 is 10.4 Å². The normalized spacial score (nSPS) is 9.56. The minimum Gasteiger partial charge on any atom is -0.480 e. The van der Waals surface area contributed by atoms with Crippen molar-refractivity contribution in [2.24, 2.45) is 0 Å². The fourth-order valence-corrected chi connectivity index (χ4v) is 1.21. The van der Waals surface area contributed by atoms with E-state index in [1.54, 1.807) is 31.5 Å². The zero-order valence-corrected chi connectivity index (χ0v) is 8.88. The maximum atomic E-state index is 11.6. The molecule has 6 nitrogen and oxygen atoms in total. The third kappa shape index (κ3) is 3.23. The third-order valence-electron chi connectivity index (χ3n) is 1.93. The Kier molecular flexibility index (Phi) is 4.26. The number of anilines is 1. The summed E-state index contributed by atoms with van der Waals surface area (Å²) in [7, 11) is 0. The van der Waals surface area contributed by atoms with Gasteiger partial charge in [0.15, 0.2) is 0 Å². The molecule has 0 fully saturated rings. The summed E-state index contributed by atoms with van der Waals surface area (Å²) in [6.07, 6.45) is 3.14. The van der Waals surface area contributed by atoms with Crippen LogP contribution in [0.25, 0.3) is 0 Å². The van der Waals surface area contributed by atoms with Gasteiger partial charge in [-0.15, -0.1) is 0 Å². The van der Waals surface area contributed by atoms with Crippen molar-refractivity contribution in [3.63, 3.8) is 0 Å². The Morgan fingerprint density at radius 2 is 2.06 bits per heavy atom. The number of carboxylic acids is 1. The molecule has 1 aromatic heterocycles. The van der Waals surface area contributed by atoms with Crippen LogP contribution in [0.1, 0.15) is 6.92 Å². The maximum Gasteiger partial charge on any atom is 0.323 e. The molecule has 16 heavy (non-hydrogen) atoms. The van der Waals surface area contributed by atoms with E-state index >= 15 is 0 Å². The van der Waals surface area contributed by atoms with Crippen molar-refractivity contribution in [2.45, 2.75) is 6.92 Å². The molecule has 1 aromatic rings. The van der Waals surface area contributed by atoms with Gasteiger partial charge in [0, 0.05) is 24.6 Å². The van der Waals surface area contributed by atoms with Crippen LogP contribution < -0.4 is 10.2 Å². The highest BCUT2D eigenvalue weighted by Gasteiger charge is 2.13. The molecule has 0 aliphatic carbocycles. The molecule has 0 saturated heterocycles. The number of nitrogens with one attached hydrogen (secondary N) is 1. The number of rotatable bonds is 4. The number of hydrogen-bond donors (Lipinski definition) is 2. The Labute approximate surface area is 92.9 Å². The van der Waals surface area contributed by atoms with Gasteiger partial charge in [-0.25, -0.2) is 4.79 Å². The fraction of sp³-hybridized carbons (Fsp3) is 0.300. The van der Waals surface area contributed by atoms with Crippen molar-refractivity contribution in [1.82, 2.24) is 10.3 Å². The Morgan fingerprint density at radius 3 is 2.56 bits per heavy atom. The van der Waals surface area contributed by atoms with Crippen LogP contribution in [0.15, 0.2) is 24.5 Å². The second kappa shape index (κ2) is 5.69. The maximum absolute atomic E-state index is 11.6. The summed E-state index contributed by atoms with van der Waals surface area (Å²) in [5, 5.41) is 10.7. The van der Waals surface area contributed by atoms with Crippen LogP contribution in [-0.2, 0) is 4.79 Å². The predicted molar refractivity (Wildman–Crippen MR) is 58.3 cm³/mol. The SMILES string of the molecule is CCN(C(=O)NCC(=O)O)c1ccncc1. The van der Waals surface area contributed by atoms with E-state index in [9.17, 15) is 9.59 Å². The van der Waals surface area contributed by atoms with Gasteiger partial charge in [0.1, 0.15) is 6.54 Å². The Balaban J connectivity index is 2.68. The van der Waals surface area contributed by atoms with Crippen LogP contribution in [0, 0.1) is 0 Å². The Hall–Kier alpha value is -2.11. The minimum absolute atomic E-state index is 0.388. The third-order valence-corrected chi connectivity index (χ3v) is 1.93. The second-order valence-corrected chi connectivity index (χ2v) is 3.00. The zero-order valence-electron chi connectivity index (χ0n) is 8.88. The first-order valence-electron chi connectivity index (χ1n) is 4.82. The van der Waals surface area contributed by atoms with E-state index in [0.717, 1.165) is 0 Å². The average molecular weight is 223 g/mol. The van der Waals surface area contributed by atoms with Crippen molar-refractivity contribution < 1.29 is 14.7 Å². The van der Waals surface area contributed by atoms with E-state index in [4.69, 9.17) is 5.11 Å². The summed E-state index contributed by atoms with van der Waals surface area (Å²) >= 11 is 0. The van der Waals surface area contributed by atoms with Crippen LogP contribution >= 0.6 is 0 Å². The van der Waals surface area contributed by atoms with Crippen molar-refractivity contribution in [2.75, 3.05) is 18.0 Å². The van der Waals surface area contributed by atoms with Gasteiger partial charge in [0.25, 0.3) is 0 Å². The lowest BCUT2D eigenvalue weighted by molar-refractivity contribution is -0.135. The Bertz CT molecular complexity index is 367. The number of urea groups is 1. The first-order valence-corrected chi connectivity index (χ1v) is 4.82. The van der Waals surface area contributed by atoms with E-state index in [2.05, 4.69) is 10.3 Å². The van der Waals surface area contributed by atoms with E-state index in [0.29, 0.717) is 12.2 Å². The molecule has 0 aliphatic rings. The van der Waals surface area contributed by atoms with Crippen molar-refractivity contribution in [3.05, 3.63) is 24.5 Å². The predicted octanol–water partition coefficient (Wildman–Crippen LogP) is 0.702. The van der Waals surface area contributed by atoms with Crippen LogP contribution in [0.5, 0.6) is 0 Å². The highest BCUT2D eigenvalue weighted by Crippen LogP contribution is 2.11. The number of aromatic nitrogens is 1. The van der Waals surface area contributed by atoms with Crippen LogP contribution in [0.3, 0.4) is 0 Å². The quantitative estimate of drug-likeness (QED) is 0.787. The molecule has 0 spiro atoms. The van der Waals surface area contributed by atoms with Crippen molar-refractivity contribution in [3.8, 4) is 0 Å². The summed E-state index contributed by atoms with van der Waals surface area (Å²) in [5.74, 6) is -1.07. The first kappa shape index (κ1) is 12.0. The monoisotopic (exact) mass is 223 g/mol. The fourth-order valence-electron chi connectivity index (χ4n) is 1.21. The highest BCUT2D eigenvalue weighted by atomic mass is 16.4. The summed E-state index contributed by atoms with van der Waals surface area (Å²) < 4.78 is 0. The molecular weight excluding hydrogens is 210 g/mol. The van der Waals surface area contributed by atoms with Gasteiger partial charge in [-0.2, -0.15) is 0 Å². The number of carboxylic acid groups (broad SMARTS) is 1. The highest BCUT2D eigenvalue weighted by molar-refractivity contribution is 5.93. The van der Waals surface area contributed by atoms with Gasteiger partial charge >= 0.3 is 12.0 Å². The van der Waals surface area contributed by atoms with E-state index in [-0.39, 0.29) is 6.54 Å². The number of aliphatic carboxylic acids is 1. The molecule has 0 radical (unpaired) electrons. The van der Waals surface area contributed by atoms with Gasteiger partial charge in [0.05, 0.1) is 0 Å². The van der Waals surface area contributed by atoms with Crippen molar-refractivity contribution in [1.29, 1.82) is 0 Å². The van der Waals surface area contributed by atoms with Gasteiger partial charge in [-0.05, 0) is 19.1 Å². The second-order valence-electron chi connectivity index (χ2n) is 3.00. The standard InChI is InChI=1S/C10H13N3O3/c1-2-13(8-3-5-11-6-4-8)10(16)12-7-9(14)15/h3-6H,2,7H2,1H3,(H,12,16)(H,14,15).